The molecular formula is C22H18N4O4. The number of aromatic amines is 1. The molecular weight excluding hydrogens is 384 g/mol. The van der Waals surface area contributed by atoms with Crippen molar-refractivity contribution in [2.45, 2.75) is 32.4 Å². The number of carbonyl (C=O) groups is 1. The van der Waals surface area contributed by atoms with Crippen LogP contribution >= 0.6 is 0 Å². The molecule has 0 bridgehead atoms. The molecule has 2 aromatic carbocycles. The number of H-pyrrole nitrogens is 1. The van der Waals surface area contributed by atoms with E-state index in [-0.39, 0.29) is 22.5 Å². The third kappa shape index (κ3) is 2.97. The monoisotopic (exact) mass is 402 g/mol. The molecule has 8 nitrogen and oxygen atoms in total. The molecule has 0 spiro atoms. The number of para-hydroxylation sites is 1. The lowest BCUT2D eigenvalue weighted by Crippen LogP contribution is -2.21. The highest BCUT2D eigenvalue weighted by atomic mass is 16.5. The zero-order valence-corrected chi connectivity index (χ0v) is 16.2. The van der Waals surface area contributed by atoms with E-state index in [1.54, 1.807) is 54.0 Å². The first-order valence-corrected chi connectivity index (χ1v) is 9.75. The van der Waals surface area contributed by atoms with Gasteiger partial charge < -0.3 is 9.72 Å². The number of hydrogen-bond donors (Lipinski definition) is 1. The Hall–Kier alpha value is -3.81. The highest BCUT2D eigenvalue weighted by Gasteiger charge is 2.20. The molecule has 0 unspecified atom stereocenters. The molecule has 8 heteroatoms. The SMILES string of the molecule is C[C@@H](OC(=O)c1ccc2c(=O)n3c(nc2c1)CCC3)c1nc2ccccc2c(=O)[nH]1. The average Bonchev–Trinajstić information content (AvgIpc) is 3.22. The van der Waals surface area contributed by atoms with Crippen molar-refractivity contribution >= 4 is 27.8 Å². The molecule has 4 aromatic rings. The van der Waals surface area contributed by atoms with Gasteiger partial charge in [-0.05, 0) is 43.7 Å². The van der Waals surface area contributed by atoms with Gasteiger partial charge >= 0.3 is 5.97 Å². The van der Waals surface area contributed by atoms with Crippen molar-refractivity contribution in [1.82, 2.24) is 19.5 Å². The van der Waals surface area contributed by atoms with Crippen molar-refractivity contribution in [3.05, 3.63) is 80.4 Å². The van der Waals surface area contributed by atoms with Gasteiger partial charge in [-0.2, -0.15) is 0 Å². The minimum Gasteiger partial charge on any atom is -0.451 e. The Morgan fingerprint density at radius 2 is 1.93 bits per heavy atom. The Morgan fingerprint density at radius 1 is 1.10 bits per heavy atom. The summed E-state index contributed by atoms with van der Waals surface area (Å²) in [7, 11) is 0. The summed E-state index contributed by atoms with van der Waals surface area (Å²) in [6, 6.07) is 11.7. The van der Waals surface area contributed by atoms with E-state index in [2.05, 4.69) is 15.0 Å². The van der Waals surface area contributed by atoms with Crippen LogP contribution in [0, 0.1) is 0 Å². The molecule has 5 rings (SSSR count). The van der Waals surface area contributed by atoms with E-state index in [4.69, 9.17) is 4.74 Å². The standard InChI is InChI=1S/C22H18N4O4/c1-12(19-24-16-6-3-2-5-14(16)20(27)25-19)30-22(29)13-8-9-15-17(11-13)23-18-7-4-10-26(18)21(15)28/h2-3,5-6,8-9,11-12H,4,7,10H2,1H3,(H,24,25,27)/t12-/m1/s1. The van der Waals surface area contributed by atoms with Crippen LogP contribution in [-0.4, -0.2) is 25.5 Å². The van der Waals surface area contributed by atoms with Crippen LogP contribution < -0.4 is 11.1 Å². The maximum absolute atomic E-state index is 12.7. The van der Waals surface area contributed by atoms with Crippen LogP contribution in [0.15, 0.2) is 52.1 Å². The van der Waals surface area contributed by atoms with Crippen molar-refractivity contribution in [2.24, 2.45) is 0 Å². The fraction of sp³-hybridized carbons (Fsp3) is 0.227. The van der Waals surface area contributed by atoms with Crippen molar-refractivity contribution in [3.63, 3.8) is 0 Å². The minimum atomic E-state index is -0.760. The molecule has 0 radical (unpaired) electrons. The molecule has 2 aromatic heterocycles. The second-order valence-electron chi connectivity index (χ2n) is 7.34. The number of benzene rings is 2. The molecule has 1 atom stereocenters. The zero-order valence-electron chi connectivity index (χ0n) is 16.2. The summed E-state index contributed by atoms with van der Waals surface area (Å²) in [6.07, 6.45) is 0.879. The first-order valence-electron chi connectivity index (χ1n) is 9.75. The Bertz CT molecular complexity index is 1440. The van der Waals surface area contributed by atoms with Crippen LogP contribution in [-0.2, 0) is 17.7 Å². The predicted molar refractivity (Wildman–Crippen MR) is 111 cm³/mol. The Morgan fingerprint density at radius 3 is 2.80 bits per heavy atom. The van der Waals surface area contributed by atoms with E-state index in [0.717, 1.165) is 18.7 Å². The molecule has 30 heavy (non-hydrogen) atoms. The van der Waals surface area contributed by atoms with E-state index in [0.29, 0.717) is 28.4 Å². The smallest absolute Gasteiger partial charge is 0.338 e. The number of nitrogens with one attached hydrogen (secondary N) is 1. The number of aromatic nitrogens is 4. The number of hydrogen-bond acceptors (Lipinski definition) is 6. The molecule has 1 aliphatic heterocycles. The number of ether oxygens (including phenoxy) is 1. The molecule has 0 aliphatic carbocycles. The molecule has 150 valence electrons. The number of rotatable bonds is 3. The maximum Gasteiger partial charge on any atom is 0.338 e. The highest BCUT2D eigenvalue weighted by molar-refractivity contribution is 5.94. The topological polar surface area (TPSA) is 107 Å². The van der Waals surface area contributed by atoms with Crippen LogP contribution in [0.25, 0.3) is 21.8 Å². The summed E-state index contributed by atoms with van der Waals surface area (Å²) in [5, 5.41) is 0.949. The van der Waals surface area contributed by atoms with Crippen LogP contribution in [0.4, 0.5) is 0 Å². The van der Waals surface area contributed by atoms with Gasteiger partial charge in [0.1, 0.15) is 5.82 Å². The van der Waals surface area contributed by atoms with Crippen molar-refractivity contribution in [3.8, 4) is 0 Å². The number of esters is 1. The van der Waals surface area contributed by atoms with E-state index >= 15 is 0 Å². The van der Waals surface area contributed by atoms with Gasteiger partial charge in [-0.1, -0.05) is 12.1 Å². The van der Waals surface area contributed by atoms with E-state index in [9.17, 15) is 14.4 Å². The third-order valence-electron chi connectivity index (χ3n) is 5.35. The zero-order chi connectivity index (χ0) is 20.8. The predicted octanol–water partition coefficient (Wildman–Crippen LogP) is 2.50. The van der Waals surface area contributed by atoms with Gasteiger partial charge in [0.05, 0.1) is 27.4 Å². The lowest BCUT2D eigenvalue weighted by Gasteiger charge is -2.13. The molecule has 0 fully saturated rings. The van der Waals surface area contributed by atoms with Gasteiger partial charge in [-0.25, -0.2) is 14.8 Å². The van der Waals surface area contributed by atoms with Gasteiger partial charge in [0, 0.05) is 13.0 Å². The largest absolute Gasteiger partial charge is 0.451 e. The van der Waals surface area contributed by atoms with Gasteiger partial charge in [-0.3, -0.25) is 14.2 Å². The number of aryl methyl sites for hydroxylation is 1. The molecule has 3 heterocycles. The summed E-state index contributed by atoms with van der Waals surface area (Å²) in [5.74, 6) is 0.425. The summed E-state index contributed by atoms with van der Waals surface area (Å²) >= 11 is 0. The maximum atomic E-state index is 12.7. The second-order valence-corrected chi connectivity index (χ2v) is 7.34. The number of fused-ring (bicyclic) bond motifs is 3. The molecule has 0 saturated carbocycles. The molecule has 1 N–H and O–H groups in total. The van der Waals surface area contributed by atoms with Crippen molar-refractivity contribution < 1.29 is 9.53 Å². The lowest BCUT2D eigenvalue weighted by molar-refractivity contribution is 0.0320. The molecule has 0 amide bonds. The van der Waals surface area contributed by atoms with E-state index < -0.39 is 12.1 Å². The Kier molecular flexibility index (Phi) is 4.20. The van der Waals surface area contributed by atoms with E-state index in [1.807, 2.05) is 0 Å². The summed E-state index contributed by atoms with van der Waals surface area (Å²) in [6.45, 7) is 2.32. The van der Waals surface area contributed by atoms with Crippen LogP contribution in [0.1, 0.15) is 41.5 Å². The van der Waals surface area contributed by atoms with Crippen LogP contribution in [0.5, 0.6) is 0 Å². The first kappa shape index (κ1) is 18.2. The first-order chi connectivity index (χ1) is 14.5. The van der Waals surface area contributed by atoms with Crippen LogP contribution in [0.2, 0.25) is 0 Å². The third-order valence-corrected chi connectivity index (χ3v) is 5.35. The van der Waals surface area contributed by atoms with Crippen molar-refractivity contribution in [2.75, 3.05) is 0 Å². The van der Waals surface area contributed by atoms with Gasteiger partial charge in [0.25, 0.3) is 11.1 Å². The highest BCUT2D eigenvalue weighted by Crippen LogP contribution is 2.20. The normalized spacial score (nSPS) is 14.0. The van der Waals surface area contributed by atoms with Crippen LogP contribution in [0.3, 0.4) is 0 Å². The fourth-order valence-corrected chi connectivity index (χ4v) is 3.79. The second kappa shape index (κ2) is 6.91. The van der Waals surface area contributed by atoms with Gasteiger partial charge in [-0.15, -0.1) is 0 Å². The summed E-state index contributed by atoms with van der Waals surface area (Å²) in [5.41, 5.74) is 0.921. The lowest BCUT2D eigenvalue weighted by atomic mass is 10.1. The average molecular weight is 402 g/mol. The Balaban J connectivity index is 1.45. The van der Waals surface area contributed by atoms with Crippen molar-refractivity contribution in [1.29, 1.82) is 0 Å². The number of carbonyl (C=O) groups excluding carboxylic acids is 1. The van der Waals surface area contributed by atoms with E-state index in [1.165, 1.54) is 0 Å². The minimum absolute atomic E-state index is 0.0845. The Labute approximate surface area is 170 Å². The number of nitrogens with zero attached hydrogens (tertiary/aromatic N) is 3. The quantitative estimate of drug-likeness (QED) is 0.528. The summed E-state index contributed by atoms with van der Waals surface area (Å²) < 4.78 is 7.20. The summed E-state index contributed by atoms with van der Waals surface area (Å²) in [4.78, 5) is 49.1. The molecule has 0 saturated heterocycles. The van der Waals surface area contributed by atoms with Gasteiger partial charge in [0.2, 0.25) is 0 Å². The fourth-order valence-electron chi connectivity index (χ4n) is 3.79. The molecule has 1 aliphatic rings. The van der Waals surface area contributed by atoms with Gasteiger partial charge in [0.15, 0.2) is 11.9 Å².